The number of nitrogens with two attached hydrogens (primary N) is 1. The van der Waals surface area contributed by atoms with Crippen molar-refractivity contribution in [3.8, 4) is 0 Å². The Balaban J connectivity index is 2.08. The number of carbonyl (C=O) groups excluding carboxylic acids is 1. The van der Waals surface area contributed by atoms with E-state index in [1.165, 1.54) is 0 Å². The summed E-state index contributed by atoms with van der Waals surface area (Å²) in [5, 5.41) is 0. The highest BCUT2D eigenvalue weighted by Gasteiger charge is 2.47. The molecule has 0 amide bonds. The van der Waals surface area contributed by atoms with Crippen LogP contribution in [0.15, 0.2) is 0 Å². The Bertz CT molecular complexity index is 157. The van der Waals surface area contributed by atoms with Crippen molar-refractivity contribution in [1.82, 2.24) is 0 Å². The molecule has 0 aromatic heterocycles. The number of fused-ring (bicyclic) bond motifs is 1. The highest BCUT2D eigenvalue weighted by atomic mass is 16.6. The Morgan fingerprint density at radius 1 is 1.67 bits per heavy atom. The molecule has 1 heterocycles. The lowest BCUT2D eigenvalue weighted by atomic mass is 9.77. The highest BCUT2D eigenvalue weighted by Crippen LogP contribution is 2.37. The Hall–Kier alpha value is -0.570. The van der Waals surface area contributed by atoms with Crippen LogP contribution in [0, 0.1) is 5.92 Å². The summed E-state index contributed by atoms with van der Waals surface area (Å²) in [6, 6.07) is 0.224. The Morgan fingerprint density at radius 3 is 2.89 bits per heavy atom. The number of esters is 1. The maximum Gasteiger partial charge on any atom is 0.306 e. The topological polar surface area (TPSA) is 52.3 Å². The molecule has 1 aliphatic heterocycles. The molecule has 0 bridgehead atoms. The average molecular weight is 127 g/mol. The molecule has 3 heteroatoms. The van der Waals surface area contributed by atoms with E-state index < -0.39 is 0 Å². The fraction of sp³-hybridized carbons (Fsp3) is 0.833. The van der Waals surface area contributed by atoms with Gasteiger partial charge in [-0.1, -0.05) is 0 Å². The zero-order chi connectivity index (χ0) is 6.43. The summed E-state index contributed by atoms with van der Waals surface area (Å²) in [4.78, 5) is 10.6. The van der Waals surface area contributed by atoms with Crippen LogP contribution >= 0.6 is 0 Å². The smallest absolute Gasteiger partial charge is 0.306 e. The second kappa shape index (κ2) is 1.48. The summed E-state index contributed by atoms with van der Waals surface area (Å²) < 4.78 is 4.91. The first kappa shape index (κ1) is 5.23. The van der Waals surface area contributed by atoms with Crippen LogP contribution in [0.4, 0.5) is 0 Å². The minimum absolute atomic E-state index is 0.0713. The van der Waals surface area contributed by atoms with Crippen LogP contribution in [0.2, 0.25) is 0 Å². The zero-order valence-electron chi connectivity index (χ0n) is 5.04. The summed E-state index contributed by atoms with van der Waals surface area (Å²) in [6.07, 6.45) is 1.59. The fourth-order valence-corrected chi connectivity index (χ4v) is 1.53. The van der Waals surface area contributed by atoms with E-state index in [-0.39, 0.29) is 18.1 Å². The van der Waals surface area contributed by atoms with Crippen molar-refractivity contribution in [2.75, 3.05) is 0 Å². The van der Waals surface area contributed by atoms with Gasteiger partial charge in [0.2, 0.25) is 0 Å². The largest absolute Gasteiger partial charge is 0.462 e. The van der Waals surface area contributed by atoms with Crippen LogP contribution in [0.3, 0.4) is 0 Å². The Morgan fingerprint density at radius 2 is 2.44 bits per heavy atom. The van der Waals surface area contributed by atoms with Crippen LogP contribution in [0.25, 0.3) is 0 Å². The molecule has 1 saturated heterocycles. The fourth-order valence-electron chi connectivity index (χ4n) is 1.53. The van der Waals surface area contributed by atoms with E-state index in [0.717, 1.165) is 6.42 Å². The molecule has 1 saturated carbocycles. The molecular formula is C6H9NO2. The van der Waals surface area contributed by atoms with Gasteiger partial charge in [0.15, 0.2) is 0 Å². The van der Waals surface area contributed by atoms with Crippen LogP contribution in [0.1, 0.15) is 12.8 Å². The van der Waals surface area contributed by atoms with Gasteiger partial charge < -0.3 is 10.5 Å². The molecule has 1 aliphatic carbocycles. The lowest BCUT2D eigenvalue weighted by Gasteiger charge is -2.34. The molecule has 0 radical (unpaired) electrons. The van der Waals surface area contributed by atoms with E-state index in [1.807, 2.05) is 0 Å². The molecule has 3 unspecified atom stereocenters. The first-order chi connectivity index (χ1) is 4.27. The molecule has 3 nitrogen and oxygen atoms in total. The number of ether oxygens (including phenoxy) is 1. The minimum atomic E-state index is -0.0713. The van der Waals surface area contributed by atoms with Crippen molar-refractivity contribution in [2.24, 2.45) is 11.7 Å². The van der Waals surface area contributed by atoms with Gasteiger partial charge in [-0.05, 0) is 0 Å². The van der Waals surface area contributed by atoms with Gasteiger partial charge in [0.05, 0.1) is 6.42 Å². The Kier molecular flexibility index (Phi) is 0.858. The van der Waals surface area contributed by atoms with E-state index >= 15 is 0 Å². The van der Waals surface area contributed by atoms with Crippen LogP contribution in [-0.4, -0.2) is 18.1 Å². The average Bonchev–Trinajstić information content (AvgIpc) is 2.08. The summed E-state index contributed by atoms with van der Waals surface area (Å²) in [5.41, 5.74) is 5.59. The number of rotatable bonds is 0. The molecule has 9 heavy (non-hydrogen) atoms. The SMILES string of the molecule is NC1CC2OC(=O)CC12. The van der Waals surface area contributed by atoms with Crippen molar-refractivity contribution >= 4 is 5.97 Å². The molecule has 0 spiro atoms. The van der Waals surface area contributed by atoms with Crippen molar-refractivity contribution in [3.05, 3.63) is 0 Å². The van der Waals surface area contributed by atoms with E-state index in [4.69, 9.17) is 10.5 Å². The molecule has 0 aromatic rings. The lowest BCUT2D eigenvalue weighted by molar-refractivity contribution is -0.143. The van der Waals surface area contributed by atoms with E-state index in [2.05, 4.69) is 0 Å². The molecule has 3 atom stereocenters. The first-order valence-electron chi connectivity index (χ1n) is 3.22. The van der Waals surface area contributed by atoms with Crippen LogP contribution in [-0.2, 0) is 9.53 Å². The number of hydrogen-bond donors (Lipinski definition) is 1. The quantitative estimate of drug-likeness (QED) is 0.452. The zero-order valence-corrected chi connectivity index (χ0v) is 5.04. The molecular weight excluding hydrogens is 118 g/mol. The second-order valence-electron chi connectivity index (χ2n) is 2.80. The third-order valence-electron chi connectivity index (χ3n) is 2.22. The van der Waals surface area contributed by atoms with Crippen molar-refractivity contribution in [3.63, 3.8) is 0 Å². The first-order valence-corrected chi connectivity index (χ1v) is 3.22. The molecule has 2 rings (SSSR count). The number of hydrogen-bond acceptors (Lipinski definition) is 3. The third-order valence-corrected chi connectivity index (χ3v) is 2.22. The maximum atomic E-state index is 10.6. The molecule has 50 valence electrons. The summed E-state index contributed by atoms with van der Waals surface area (Å²) >= 11 is 0. The van der Waals surface area contributed by atoms with Gasteiger partial charge in [-0.3, -0.25) is 4.79 Å². The molecule has 2 aliphatic rings. The maximum absolute atomic E-state index is 10.6. The molecule has 0 aromatic carbocycles. The standard InChI is InChI=1S/C6H9NO2/c7-4-2-5-3(4)1-6(8)9-5/h3-5H,1-2,7H2. The van der Waals surface area contributed by atoms with Gasteiger partial charge in [0, 0.05) is 18.4 Å². The second-order valence-corrected chi connectivity index (χ2v) is 2.80. The van der Waals surface area contributed by atoms with E-state index in [0.29, 0.717) is 12.3 Å². The van der Waals surface area contributed by atoms with Crippen molar-refractivity contribution in [1.29, 1.82) is 0 Å². The van der Waals surface area contributed by atoms with Gasteiger partial charge in [0.1, 0.15) is 6.10 Å². The van der Waals surface area contributed by atoms with E-state index in [9.17, 15) is 4.79 Å². The summed E-state index contributed by atoms with van der Waals surface area (Å²) in [7, 11) is 0. The van der Waals surface area contributed by atoms with Gasteiger partial charge in [0.25, 0.3) is 0 Å². The third kappa shape index (κ3) is 0.580. The van der Waals surface area contributed by atoms with Crippen molar-refractivity contribution in [2.45, 2.75) is 25.0 Å². The number of carbonyl (C=O) groups is 1. The van der Waals surface area contributed by atoms with Gasteiger partial charge in [-0.25, -0.2) is 0 Å². The summed E-state index contributed by atoms with van der Waals surface area (Å²) in [6.45, 7) is 0. The van der Waals surface area contributed by atoms with E-state index in [1.54, 1.807) is 0 Å². The lowest BCUT2D eigenvalue weighted by Crippen LogP contribution is -2.48. The van der Waals surface area contributed by atoms with Crippen molar-refractivity contribution < 1.29 is 9.53 Å². The highest BCUT2D eigenvalue weighted by molar-refractivity contribution is 5.72. The minimum Gasteiger partial charge on any atom is -0.462 e. The normalized spacial score (nSPS) is 47.7. The predicted octanol–water partition coefficient (Wildman–Crippen LogP) is -0.351. The Labute approximate surface area is 53.2 Å². The van der Waals surface area contributed by atoms with Gasteiger partial charge in [-0.2, -0.15) is 0 Å². The summed E-state index contributed by atoms with van der Waals surface area (Å²) in [5.74, 6) is 0.274. The van der Waals surface area contributed by atoms with Gasteiger partial charge in [-0.15, -0.1) is 0 Å². The van der Waals surface area contributed by atoms with Crippen LogP contribution in [0.5, 0.6) is 0 Å². The predicted molar refractivity (Wildman–Crippen MR) is 30.6 cm³/mol. The molecule has 2 N–H and O–H groups in total. The van der Waals surface area contributed by atoms with Gasteiger partial charge >= 0.3 is 5.97 Å². The molecule has 2 fully saturated rings. The monoisotopic (exact) mass is 127 g/mol. The van der Waals surface area contributed by atoms with Crippen LogP contribution < -0.4 is 5.73 Å².